The van der Waals surface area contributed by atoms with Crippen molar-refractivity contribution in [3.05, 3.63) is 33.3 Å². The van der Waals surface area contributed by atoms with Crippen molar-refractivity contribution in [2.75, 3.05) is 0 Å². The normalized spacial score (nSPS) is 21.5. The second-order valence-electron chi connectivity index (χ2n) is 6.36. The van der Waals surface area contributed by atoms with E-state index in [1.807, 2.05) is 0 Å². The predicted molar refractivity (Wildman–Crippen MR) is 92.1 cm³/mol. The van der Waals surface area contributed by atoms with E-state index in [-0.39, 0.29) is 69.0 Å². The van der Waals surface area contributed by atoms with Crippen LogP contribution in [-0.2, 0) is 16.0 Å². The van der Waals surface area contributed by atoms with Crippen molar-refractivity contribution in [2.24, 2.45) is 5.41 Å². The Kier molecular flexibility index (Phi) is 6.80. The van der Waals surface area contributed by atoms with E-state index in [1.54, 1.807) is 12.1 Å². The van der Waals surface area contributed by atoms with Gasteiger partial charge >= 0.3 is 57.4 Å². The first kappa shape index (κ1) is 20.6. The van der Waals surface area contributed by atoms with Gasteiger partial charge in [-0.2, -0.15) is 0 Å². The number of allylic oxidation sites excluding steroid dienone is 2. The van der Waals surface area contributed by atoms with Gasteiger partial charge in [0, 0.05) is 24.3 Å². The van der Waals surface area contributed by atoms with Gasteiger partial charge in [0.1, 0.15) is 5.02 Å². The van der Waals surface area contributed by atoms with E-state index >= 15 is 0 Å². The maximum atomic E-state index is 11.9. The van der Waals surface area contributed by atoms with Crippen LogP contribution in [0.5, 0.6) is 5.75 Å². The maximum absolute atomic E-state index is 11.9. The number of carbonyl (C=O) groups is 2. The molecule has 6 heteroatoms. The third-order valence-electron chi connectivity index (χ3n) is 4.76. The van der Waals surface area contributed by atoms with Gasteiger partial charge in [-0.1, -0.05) is 36.5 Å². The molecule has 0 aromatic heterocycles. The molecule has 0 bridgehead atoms. The zero-order chi connectivity index (χ0) is 16.8. The van der Waals surface area contributed by atoms with Crippen molar-refractivity contribution in [3.63, 3.8) is 0 Å². The first-order chi connectivity index (χ1) is 10.9. The van der Waals surface area contributed by atoms with Gasteiger partial charge in [0.2, 0.25) is 0 Å². The first-order valence-electron chi connectivity index (χ1n) is 7.82. The molecule has 3 rings (SSSR count). The minimum atomic E-state index is -0.434. The van der Waals surface area contributed by atoms with Crippen LogP contribution in [0.15, 0.2) is 12.1 Å². The summed E-state index contributed by atoms with van der Waals surface area (Å²) < 4.78 is 5.18. The third-order valence-corrected chi connectivity index (χ3v) is 5.61. The van der Waals surface area contributed by atoms with Crippen LogP contribution in [0.4, 0.5) is 0 Å². The van der Waals surface area contributed by atoms with E-state index < -0.39 is 5.97 Å². The Morgan fingerprint density at radius 3 is 2.71 bits per heavy atom. The summed E-state index contributed by atoms with van der Waals surface area (Å²) in [6.45, 7) is 3.47. The van der Waals surface area contributed by atoms with Gasteiger partial charge in [-0.3, -0.25) is 9.59 Å². The molecule has 0 aliphatic heterocycles. The Morgan fingerprint density at radius 2 is 2.08 bits per heavy atom. The van der Waals surface area contributed by atoms with E-state index in [4.69, 9.17) is 27.9 Å². The van der Waals surface area contributed by atoms with Gasteiger partial charge in [0.05, 0.1) is 5.02 Å². The van der Waals surface area contributed by atoms with Crippen LogP contribution < -0.4 is 56.1 Å². The van der Waals surface area contributed by atoms with Crippen molar-refractivity contribution in [1.29, 1.82) is 0 Å². The van der Waals surface area contributed by atoms with Crippen molar-refractivity contribution in [2.45, 2.75) is 46.0 Å². The summed E-state index contributed by atoms with van der Waals surface area (Å²) in [5.41, 5.74) is 2.82. The molecule has 0 radical (unpaired) electrons. The maximum Gasteiger partial charge on any atom is 1.00 e. The van der Waals surface area contributed by atoms with Crippen molar-refractivity contribution in [1.82, 2.24) is 0 Å². The predicted octanol–water partition coefficient (Wildman–Crippen LogP) is 2.12. The third kappa shape index (κ3) is 3.57. The Morgan fingerprint density at radius 1 is 1.38 bits per heavy atom. The van der Waals surface area contributed by atoms with Gasteiger partial charge < -0.3 is 6.16 Å². The second kappa shape index (κ2) is 7.91. The fraction of sp³-hybridized carbons (Fsp3) is 0.444. The van der Waals surface area contributed by atoms with Crippen LogP contribution in [0, 0.1) is 5.41 Å². The van der Waals surface area contributed by atoms with Gasteiger partial charge in [-0.25, -0.2) is 0 Å². The minimum Gasteiger partial charge on any atom is -1.00 e. The number of halogens is 2. The van der Waals surface area contributed by atoms with Gasteiger partial charge in [-0.15, -0.1) is 0 Å². The summed E-state index contributed by atoms with van der Waals surface area (Å²) in [6, 6.07) is 1.80. The summed E-state index contributed by atoms with van der Waals surface area (Å²) in [5.74, 6) is -0.00744. The zero-order valence-electron chi connectivity index (χ0n) is 15.2. The molecule has 0 saturated heterocycles. The number of rotatable bonds is 3. The molecule has 0 N–H and O–H groups in total. The molecule has 0 spiro atoms. The number of carbonyl (C=O) groups excluding carboxylic acids is 2. The van der Waals surface area contributed by atoms with E-state index in [0.717, 1.165) is 42.4 Å². The molecule has 124 valence electrons. The van der Waals surface area contributed by atoms with Crippen molar-refractivity contribution >= 4 is 40.5 Å². The van der Waals surface area contributed by atoms with Gasteiger partial charge in [0.15, 0.2) is 11.5 Å². The smallest absolute Gasteiger partial charge is 1.00 e. The van der Waals surface area contributed by atoms with Crippen LogP contribution in [0.1, 0.15) is 52.1 Å². The quantitative estimate of drug-likeness (QED) is 0.449. The molecule has 1 aromatic rings. The molecule has 0 saturated carbocycles. The molecule has 0 amide bonds. The monoisotopic (exact) mass is 392 g/mol. The van der Waals surface area contributed by atoms with Crippen LogP contribution in [0.2, 0.25) is 10.0 Å². The van der Waals surface area contributed by atoms with E-state index in [0.29, 0.717) is 17.2 Å². The molecule has 1 unspecified atom stereocenters. The van der Waals surface area contributed by atoms with Crippen LogP contribution in [0.25, 0.3) is 5.57 Å². The molecule has 2 aliphatic carbocycles. The summed E-state index contributed by atoms with van der Waals surface area (Å²) in [5, 5.41) is 0.603. The van der Waals surface area contributed by atoms with E-state index in [2.05, 4.69) is 6.92 Å². The first-order valence-corrected chi connectivity index (χ1v) is 8.58. The summed E-state index contributed by atoms with van der Waals surface area (Å²) in [4.78, 5) is 23.2. The summed E-state index contributed by atoms with van der Waals surface area (Å²) in [6.07, 6.45) is 5.97. The topological polar surface area (TPSA) is 43.4 Å². The molecule has 2 aliphatic rings. The minimum absolute atomic E-state index is 0. The SMILES string of the molecule is CCCC12CCC(=O)C=C1c1c(cc(OC(C)=O)c(Cl)c1Cl)C2.[H-].[K+]. The molecular formula is C18H19Cl2KO3. The molecular weight excluding hydrogens is 374 g/mol. The van der Waals surface area contributed by atoms with E-state index in [1.165, 1.54) is 6.92 Å². The Labute approximate surface area is 196 Å². The van der Waals surface area contributed by atoms with Crippen molar-refractivity contribution in [3.8, 4) is 5.75 Å². The molecule has 3 nitrogen and oxygen atoms in total. The second-order valence-corrected chi connectivity index (χ2v) is 7.12. The number of benzene rings is 1. The Hall–Kier alpha value is 0.316. The average Bonchev–Trinajstić information content (AvgIpc) is 2.78. The van der Waals surface area contributed by atoms with Crippen LogP contribution in [0.3, 0.4) is 0 Å². The van der Waals surface area contributed by atoms with Crippen LogP contribution >= 0.6 is 23.2 Å². The van der Waals surface area contributed by atoms with Crippen molar-refractivity contribution < 1.29 is 67.1 Å². The fourth-order valence-electron chi connectivity index (χ4n) is 3.91. The Bertz CT molecular complexity index is 748. The van der Waals surface area contributed by atoms with Crippen LogP contribution in [-0.4, -0.2) is 11.8 Å². The largest absolute Gasteiger partial charge is 1.00 e. The van der Waals surface area contributed by atoms with Gasteiger partial charge in [0.25, 0.3) is 0 Å². The average molecular weight is 393 g/mol. The fourth-order valence-corrected chi connectivity index (χ4v) is 4.41. The number of ketones is 1. The number of fused-ring (bicyclic) bond motifs is 3. The number of hydrogen-bond donors (Lipinski definition) is 0. The number of ether oxygens (including phenoxy) is 1. The molecule has 24 heavy (non-hydrogen) atoms. The Balaban J connectivity index is 0.00000156. The summed E-state index contributed by atoms with van der Waals surface area (Å²) >= 11 is 12.8. The zero-order valence-corrected chi connectivity index (χ0v) is 18.8. The number of esters is 1. The summed E-state index contributed by atoms with van der Waals surface area (Å²) in [7, 11) is 0. The van der Waals surface area contributed by atoms with Gasteiger partial charge in [-0.05, 0) is 42.5 Å². The van der Waals surface area contributed by atoms with E-state index in [9.17, 15) is 9.59 Å². The number of hydrogen-bond acceptors (Lipinski definition) is 3. The molecule has 0 heterocycles. The molecule has 0 fully saturated rings. The molecule has 1 aromatic carbocycles. The standard InChI is InChI=1S/C18H18Cl2O3.K.H/c1-3-5-18-6-4-12(22)8-13(18)15-11(9-18)7-14(23-10(2)21)16(19)17(15)20;;/h7-8H,3-6,9H2,1-2H3;;/q;+1;-1. The molecule has 1 atom stereocenters.